The lowest BCUT2D eigenvalue weighted by atomic mass is 9.87. The molecule has 0 radical (unpaired) electrons. The highest BCUT2D eigenvalue weighted by atomic mass is 16.5. The minimum Gasteiger partial charge on any atom is -0.491 e. The lowest BCUT2D eigenvalue weighted by molar-refractivity contribution is 0.0132. The van der Waals surface area contributed by atoms with Crippen LogP contribution in [-0.4, -0.2) is 82.2 Å². The molecule has 8 nitrogen and oxygen atoms in total. The molecule has 0 amide bonds. The van der Waals surface area contributed by atoms with E-state index in [4.69, 9.17) is 9.47 Å². The molecule has 2 aliphatic rings. The van der Waals surface area contributed by atoms with E-state index in [2.05, 4.69) is 43.5 Å². The molecule has 4 rings (SSSR count). The van der Waals surface area contributed by atoms with Gasteiger partial charge < -0.3 is 40.5 Å². The SMILES string of the molecule is CC(C)(C)NCC(O)COc1cccc2c1C[C@H](O)[C@H](O)C2.CC(C)(C)NC[C@H](O)COc1ccccc1C1CCCC1. The van der Waals surface area contributed by atoms with Gasteiger partial charge in [0.25, 0.3) is 0 Å². The largest absolute Gasteiger partial charge is 0.491 e. The van der Waals surface area contributed by atoms with E-state index in [0.717, 1.165) is 16.9 Å². The maximum atomic E-state index is 10.0. The summed E-state index contributed by atoms with van der Waals surface area (Å²) in [5.74, 6) is 2.25. The first-order chi connectivity index (χ1) is 20.2. The lowest BCUT2D eigenvalue weighted by Gasteiger charge is -2.28. The molecule has 1 unspecified atom stereocenters. The fourth-order valence-electron chi connectivity index (χ4n) is 5.40. The Hall–Kier alpha value is -2.20. The van der Waals surface area contributed by atoms with Crippen LogP contribution in [0.2, 0.25) is 0 Å². The van der Waals surface area contributed by atoms with Crippen molar-refractivity contribution < 1.29 is 29.9 Å². The molecule has 0 aromatic heterocycles. The first-order valence-corrected chi connectivity index (χ1v) is 15.9. The van der Waals surface area contributed by atoms with Crippen LogP contribution in [0.4, 0.5) is 0 Å². The number of benzene rings is 2. The summed E-state index contributed by atoms with van der Waals surface area (Å²) in [6.45, 7) is 13.9. The molecule has 0 spiro atoms. The number of hydrogen-bond donors (Lipinski definition) is 6. The molecule has 0 heterocycles. The van der Waals surface area contributed by atoms with E-state index >= 15 is 0 Å². The zero-order chi connectivity index (χ0) is 31.6. The second-order valence-corrected chi connectivity index (χ2v) is 14.1. The van der Waals surface area contributed by atoms with Crippen LogP contribution in [-0.2, 0) is 12.8 Å². The molecule has 4 atom stereocenters. The smallest absolute Gasteiger partial charge is 0.123 e. The van der Waals surface area contributed by atoms with Gasteiger partial charge in [-0.15, -0.1) is 0 Å². The Kier molecular flexibility index (Phi) is 13.3. The summed E-state index contributed by atoms with van der Waals surface area (Å²) in [5.41, 5.74) is 3.20. The monoisotopic (exact) mass is 600 g/mol. The lowest BCUT2D eigenvalue weighted by Crippen LogP contribution is -2.42. The maximum Gasteiger partial charge on any atom is 0.123 e. The summed E-state index contributed by atoms with van der Waals surface area (Å²) in [4.78, 5) is 0. The molecule has 43 heavy (non-hydrogen) atoms. The fourth-order valence-corrected chi connectivity index (χ4v) is 5.40. The van der Waals surface area contributed by atoms with Gasteiger partial charge in [-0.25, -0.2) is 0 Å². The van der Waals surface area contributed by atoms with Gasteiger partial charge >= 0.3 is 0 Å². The zero-order valence-electron chi connectivity index (χ0n) is 27.1. The number of hydrogen-bond acceptors (Lipinski definition) is 8. The molecule has 2 aromatic carbocycles. The van der Waals surface area contributed by atoms with Crippen LogP contribution < -0.4 is 20.1 Å². The molecular formula is C35H56N2O6. The van der Waals surface area contributed by atoms with E-state index in [0.29, 0.717) is 44.2 Å². The maximum absolute atomic E-state index is 10.0. The highest BCUT2D eigenvalue weighted by Gasteiger charge is 2.27. The summed E-state index contributed by atoms with van der Waals surface area (Å²) in [7, 11) is 0. The molecule has 1 saturated carbocycles. The molecule has 2 aliphatic carbocycles. The number of fused-ring (bicyclic) bond motifs is 1. The Labute approximate surface area is 258 Å². The summed E-state index contributed by atoms with van der Waals surface area (Å²) >= 11 is 0. The Bertz CT molecular complexity index is 1110. The second-order valence-electron chi connectivity index (χ2n) is 14.1. The summed E-state index contributed by atoms with van der Waals surface area (Å²) in [5, 5.41) is 46.1. The number of aliphatic hydroxyl groups is 4. The quantitative estimate of drug-likeness (QED) is 0.228. The third-order valence-corrected chi connectivity index (χ3v) is 7.83. The Morgan fingerprint density at radius 3 is 1.81 bits per heavy atom. The molecule has 0 bridgehead atoms. The van der Waals surface area contributed by atoms with E-state index in [-0.39, 0.29) is 17.7 Å². The summed E-state index contributed by atoms with van der Waals surface area (Å²) < 4.78 is 11.6. The van der Waals surface area contributed by atoms with E-state index in [1.165, 1.54) is 31.2 Å². The van der Waals surface area contributed by atoms with Crippen molar-refractivity contribution in [3.05, 3.63) is 59.2 Å². The van der Waals surface area contributed by atoms with Crippen LogP contribution in [0.1, 0.15) is 89.8 Å². The van der Waals surface area contributed by atoms with Gasteiger partial charge in [0.15, 0.2) is 0 Å². The molecule has 2 aromatic rings. The fraction of sp³-hybridized carbons (Fsp3) is 0.657. The van der Waals surface area contributed by atoms with Crippen LogP contribution in [0.5, 0.6) is 11.5 Å². The first-order valence-electron chi connectivity index (χ1n) is 15.9. The third-order valence-electron chi connectivity index (χ3n) is 7.83. The number of β-amino-alcohol motifs (C(OH)–C–C–N with tert-alkyl or cyclic N) is 2. The number of ether oxygens (including phenoxy) is 2. The van der Waals surface area contributed by atoms with Gasteiger partial charge in [0.1, 0.15) is 36.9 Å². The van der Waals surface area contributed by atoms with Gasteiger partial charge in [0.05, 0.1) is 12.2 Å². The van der Waals surface area contributed by atoms with Crippen LogP contribution in [0.15, 0.2) is 42.5 Å². The number of rotatable bonds is 11. The molecule has 8 heteroatoms. The molecule has 1 fully saturated rings. The third kappa shape index (κ3) is 12.4. The molecule has 6 N–H and O–H groups in total. The topological polar surface area (TPSA) is 123 Å². The van der Waals surface area contributed by atoms with Gasteiger partial charge in [-0.2, -0.15) is 0 Å². The highest BCUT2D eigenvalue weighted by Crippen LogP contribution is 2.38. The van der Waals surface area contributed by atoms with E-state index in [1.807, 2.05) is 51.1 Å². The zero-order valence-corrected chi connectivity index (χ0v) is 27.1. The average molecular weight is 601 g/mol. The van der Waals surface area contributed by atoms with Crippen molar-refractivity contribution in [1.29, 1.82) is 0 Å². The van der Waals surface area contributed by atoms with Crippen molar-refractivity contribution in [2.45, 2.75) is 121 Å². The number of aliphatic hydroxyl groups excluding tert-OH is 4. The molecular weight excluding hydrogens is 544 g/mol. The van der Waals surface area contributed by atoms with E-state index in [1.54, 1.807) is 0 Å². The molecule has 242 valence electrons. The average Bonchev–Trinajstić information content (AvgIpc) is 3.48. The van der Waals surface area contributed by atoms with Gasteiger partial charge in [0.2, 0.25) is 0 Å². The van der Waals surface area contributed by atoms with Gasteiger partial charge in [-0.05, 0) is 83.6 Å². The van der Waals surface area contributed by atoms with E-state index < -0.39 is 24.4 Å². The first kappa shape index (κ1) is 35.3. The second kappa shape index (κ2) is 16.2. The minimum atomic E-state index is -0.760. The van der Waals surface area contributed by atoms with Crippen molar-refractivity contribution in [3.63, 3.8) is 0 Å². The van der Waals surface area contributed by atoms with Gasteiger partial charge in [-0.1, -0.05) is 43.2 Å². The van der Waals surface area contributed by atoms with E-state index in [9.17, 15) is 20.4 Å². The Morgan fingerprint density at radius 2 is 1.23 bits per heavy atom. The van der Waals surface area contributed by atoms with Crippen LogP contribution >= 0.6 is 0 Å². The Balaban J connectivity index is 0.000000236. The van der Waals surface area contributed by atoms with Crippen molar-refractivity contribution in [2.75, 3.05) is 26.3 Å². The van der Waals surface area contributed by atoms with Crippen LogP contribution in [0.25, 0.3) is 0 Å². The Morgan fingerprint density at radius 1 is 0.721 bits per heavy atom. The normalized spacial score (nSPS) is 20.5. The summed E-state index contributed by atoms with van der Waals surface area (Å²) in [6.07, 6.45) is 3.39. The number of para-hydroxylation sites is 1. The number of nitrogens with one attached hydrogen (secondary N) is 2. The van der Waals surface area contributed by atoms with Crippen molar-refractivity contribution in [1.82, 2.24) is 10.6 Å². The van der Waals surface area contributed by atoms with Crippen molar-refractivity contribution in [3.8, 4) is 11.5 Å². The highest BCUT2D eigenvalue weighted by molar-refractivity contribution is 5.43. The molecule has 0 aliphatic heterocycles. The standard InChI is InChI=1S/C18H29NO2.C17H27NO4/c1-18(2,3)19-12-15(20)13-21-17-11-7-6-10-16(17)14-8-4-5-9-14;1-17(2,3)18-9-12(19)10-22-16-6-4-5-11-7-14(20)15(21)8-13(11)16/h6-7,10-11,14-15,19-20H,4-5,8-9,12-13H2,1-3H3;4-6,12,14-15,18-21H,7-10H2,1-3H3/t15-;12?,14-,15+/m01/s1. The minimum absolute atomic E-state index is 0.0166. The predicted molar refractivity (Wildman–Crippen MR) is 172 cm³/mol. The van der Waals surface area contributed by atoms with Crippen molar-refractivity contribution in [2.24, 2.45) is 0 Å². The summed E-state index contributed by atoms with van der Waals surface area (Å²) in [6, 6.07) is 13.9. The molecule has 0 saturated heterocycles. The van der Waals surface area contributed by atoms with Gasteiger partial charge in [-0.3, -0.25) is 0 Å². The van der Waals surface area contributed by atoms with Crippen LogP contribution in [0.3, 0.4) is 0 Å². The van der Waals surface area contributed by atoms with Crippen LogP contribution in [0, 0.1) is 0 Å². The van der Waals surface area contributed by atoms with Crippen molar-refractivity contribution >= 4 is 0 Å². The predicted octanol–water partition coefficient (Wildman–Crippen LogP) is 4.11. The van der Waals surface area contributed by atoms with Gasteiger partial charge in [0, 0.05) is 42.6 Å².